The Labute approximate surface area is 182 Å². The normalized spacial score (nSPS) is 11.5. The largest absolute Gasteiger partial charge is 0.506 e. The van der Waals surface area contributed by atoms with Crippen molar-refractivity contribution in [3.63, 3.8) is 0 Å². The number of aromatic hydroxyl groups is 1. The van der Waals surface area contributed by atoms with Crippen molar-refractivity contribution in [2.45, 2.75) is 0 Å². The summed E-state index contributed by atoms with van der Waals surface area (Å²) in [6.07, 6.45) is 0. The number of methoxy groups -OCH3 is 1. The first-order valence-electron chi connectivity index (χ1n) is 8.68. The van der Waals surface area contributed by atoms with E-state index in [4.69, 9.17) is 4.74 Å². The average Bonchev–Trinajstić information content (AvgIpc) is 3.08. The summed E-state index contributed by atoms with van der Waals surface area (Å²) >= 11 is 8.73. The van der Waals surface area contributed by atoms with Crippen LogP contribution in [0.4, 0.5) is 0 Å². The van der Waals surface area contributed by atoms with Gasteiger partial charge in [-0.1, -0.05) is 42.5 Å². The van der Waals surface area contributed by atoms with E-state index in [1.54, 1.807) is 18.4 Å². The van der Waals surface area contributed by atoms with Crippen molar-refractivity contribution in [1.29, 1.82) is 0 Å². The molecule has 0 spiro atoms. The molecular weight excluding hydrogens is 500 g/mol. The molecule has 0 aliphatic heterocycles. The van der Waals surface area contributed by atoms with E-state index >= 15 is 0 Å². The van der Waals surface area contributed by atoms with Crippen molar-refractivity contribution in [1.82, 2.24) is 0 Å². The Balaban J connectivity index is 2.08. The Bertz CT molecular complexity index is 1370. The van der Waals surface area contributed by atoms with Gasteiger partial charge in [0.25, 0.3) is 0 Å². The van der Waals surface area contributed by atoms with E-state index in [1.165, 1.54) is 15.5 Å². The lowest BCUT2D eigenvalue weighted by molar-refractivity contribution is 0.425. The van der Waals surface area contributed by atoms with E-state index in [1.807, 2.05) is 18.2 Å². The number of phenolic OH excluding ortho intramolecular Hbond substituents is 1. The number of hydrogen-bond acceptors (Lipinski definition) is 3. The van der Waals surface area contributed by atoms with Crippen LogP contribution in [0.2, 0.25) is 0 Å². The Morgan fingerprint density at radius 1 is 0.857 bits per heavy atom. The molecule has 2 nitrogen and oxygen atoms in total. The highest BCUT2D eigenvalue weighted by Crippen LogP contribution is 2.50. The topological polar surface area (TPSA) is 29.5 Å². The number of fused-ring (bicyclic) bond motifs is 4. The van der Waals surface area contributed by atoms with Crippen molar-refractivity contribution < 1.29 is 9.84 Å². The standard InChI is InChI=1S/C23H14Br2O2S/c1-27-22-14-7-3-2-6-13(14)19(12-10-16(24)21(26)17(25)11-12)20-15-8-4-5-9-18(15)28-23(20)22/h2-11,26H,1H3. The van der Waals surface area contributed by atoms with Crippen LogP contribution in [-0.2, 0) is 0 Å². The lowest BCUT2D eigenvalue weighted by atomic mass is 9.92. The summed E-state index contributed by atoms with van der Waals surface area (Å²) in [6, 6.07) is 20.7. The van der Waals surface area contributed by atoms with Crippen molar-refractivity contribution >= 4 is 74.1 Å². The minimum atomic E-state index is 0.202. The summed E-state index contributed by atoms with van der Waals surface area (Å²) in [6.45, 7) is 0. The van der Waals surface area contributed by atoms with Crippen LogP contribution in [0.15, 0.2) is 69.6 Å². The second-order valence-electron chi connectivity index (χ2n) is 6.54. The molecule has 4 aromatic carbocycles. The molecule has 5 heteroatoms. The van der Waals surface area contributed by atoms with Crippen LogP contribution in [0.25, 0.3) is 42.1 Å². The molecule has 1 aromatic heterocycles. The summed E-state index contributed by atoms with van der Waals surface area (Å²) in [5, 5.41) is 14.8. The molecule has 0 amide bonds. The second kappa shape index (κ2) is 6.76. The molecule has 0 saturated carbocycles. The molecule has 0 atom stereocenters. The van der Waals surface area contributed by atoms with Gasteiger partial charge in [-0.3, -0.25) is 0 Å². The zero-order valence-corrected chi connectivity index (χ0v) is 18.8. The smallest absolute Gasteiger partial charge is 0.144 e. The Hall–Kier alpha value is -2.08. The lowest BCUT2D eigenvalue weighted by Crippen LogP contribution is -1.90. The second-order valence-corrected chi connectivity index (χ2v) is 9.31. The van der Waals surface area contributed by atoms with E-state index in [2.05, 4.69) is 74.3 Å². The predicted molar refractivity (Wildman–Crippen MR) is 126 cm³/mol. The van der Waals surface area contributed by atoms with Crippen LogP contribution in [-0.4, -0.2) is 12.2 Å². The minimum absolute atomic E-state index is 0.202. The maximum atomic E-state index is 10.2. The van der Waals surface area contributed by atoms with Crippen LogP contribution in [0.3, 0.4) is 0 Å². The van der Waals surface area contributed by atoms with Crippen LogP contribution in [0.1, 0.15) is 0 Å². The van der Waals surface area contributed by atoms with Gasteiger partial charge in [-0.2, -0.15) is 0 Å². The average molecular weight is 514 g/mol. The molecule has 0 radical (unpaired) electrons. The number of thiophene rings is 1. The molecule has 5 rings (SSSR count). The van der Waals surface area contributed by atoms with Gasteiger partial charge < -0.3 is 9.84 Å². The van der Waals surface area contributed by atoms with Crippen molar-refractivity contribution in [2.75, 3.05) is 7.11 Å². The predicted octanol–water partition coefficient (Wildman–Crippen LogP) is 8.11. The van der Waals surface area contributed by atoms with E-state index in [0.29, 0.717) is 8.95 Å². The van der Waals surface area contributed by atoms with Crippen molar-refractivity contribution in [2.24, 2.45) is 0 Å². The first-order valence-corrected chi connectivity index (χ1v) is 11.1. The molecule has 0 unspecified atom stereocenters. The van der Waals surface area contributed by atoms with Crippen LogP contribution in [0.5, 0.6) is 11.5 Å². The number of benzene rings is 4. The number of rotatable bonds is 2. The fourth-order valence-corrected chi connectivity index (χ4v) is 6.26. The highest BCUT2D eigenvalue weighted by atomic mass is 79.9. The van der Waals surface area contributed by atoms with E-state index in [9.17, 15) is 5.11 Å². The summed E-state index contributed by atoms with van der Waals surface area (Å²) in [7, 11) is 1.74. The van der Waals surface area contributed by atoms with Crippen LogP contribution < -0.4 is 4.74 Å². The molecule has 28 heavy (non-hydrogen) atoms. The number of ether oxygens (including phenoxy) is 1. The number of hydrogen-bond donors (Lipinski definition) is 1. The third kappa shape index (κ3) is 2.57. The van der Waals surface area contributed by atoms with Gasteiger partial charge in [0.1, 0.15) is 11.5 Å². The van der Waals surface area contributed by atoms with Crippen molar-refractivity contribution in [3.05, 3.63) is 69.6 Å². The van der Waals surface area contributed by atoms with Gasteiger partial charge in [0.15, 0.2) is 0 Å². The van der Waals surface area contributed by atoms with Gasteiger partial charge in [0.2, 0.25) is 0 Å². The zero-order valence-electron chi connectivity index (χ0n) is 14.8. The first-order chi connectivity index (χ1) is 13.6. The van der Waals surface area contributed by atoms with Gasteiger partial charge in [-0.25, -0.2) is 0 Å². The maximum Gasteiger partial charge on any atom is 0.144 e. The van der Waals surface area contributed by atoms with Crippen molar-refractivity contribution in [3.8, 4) is 22.6 Å². The van der Waals surface area contributed by atoms with Gasteiger partial charge in [-0.15, -0.1) is 11.3 Å². The highest BCUT2D eigenvalue weighted by molar-refractivity contribution is 9.11. The molecular formula is C23H14Br2O2S. The zero-order chi connectivity index (χ0) is 19.4. The van der Waals surface area contributed by atoms with Gasteiger partial charge in [0.05, 0.1) is 20.8 Å². The van der Waals surface area contributed by atoms with Gasteiger partial charge in [0, 0.05) is 20.9 Å². The number of halogens is 2. The maximum absolute atomic E-state index is 10.2. The summed E-state index contributed by atoms with van der Waals surface area (Å²) < 4.78 is 9.56. The SMILES string of the molecule is COc1c2ccccc2c(-c2cc(Br)c(O)c(Br)c2)c2c1sc1ccccc12. The molecule has 0 aliphatic carbocycles. The number of phenols is 1. The Morgan fingerprint density at radius 2 is 1.46 bits per heavy atom. The molecule has 1 N–H and O–H groups in total. The minimum Gasteiger partial charge on any atom is -0.506 e. The monoisotopic (exact) mass is 512 g/mol. The molecule has 0 bridgehead atoms. The summed E-state index contributed by atoms with van der Waals surface area (Å²) in [5.41, 5.74) is 2.18. The molecule has 1 heterocycles. The fourth-order valence-electron chi connectivity index (χ4n) is 3.82. The Morgan fingerprint density at radius 3 is 2.14 bits per heavy atom. The molecule has 0 fully saturated rings. The van der Waals surface area contributed by atoms with Crippen LogP contribution >= 0.6 is 43.2 Å². The van der Waals surface area contributed by atoms with E-state index in [-0.39, 0.29) is 5.75 Å². The third-order valence-corrected chi connectivity index (χ3v) is 7.38. The quantitative estimate of drug-likeness (QED) is 0.258. The van der Waals surface area contributed by atoms with Gasteiger partial charge >= 0.3 is 0 Å². The van der Waals surface area contributed by atoms with Gasteiger partial charge in [-0.05, 0) is 66.6 Å². The van der Waals surface area contributed by atoms with E-state index in [0.717, 1.165) is 32.3 Å². The van der Waals surface area contributed by atoms with Crippen LogP contribution in [0, 0.1) is 0 Å². The molecule has 138 valence electrons. The molecule has 0 aliphatic rings. The first kappa shape index (κ1) is 18.0. The fraction of sp³-hybridized carbons (Fsp3) is 0.0435. The van der Waals surface area contributed by atoms with E-state index < -0.39 is 0 Å². The summed E-state index contributed by atoms with van der Waals surface area (Å²) in [5.74, 6) is 1.11. The Kier molecular flexibility index (Phi) is 4.34. The molecule has 5 aromatic rings. The lowest BCUT2D eigenvalue weighted by Gasteiger charge is -2.15. The highest BCUT2D eigenvalue weighted by Gasteiger charge is 2.21. The molecule has 0 saturated heterocycles. The summed E-state index contributed by atoms with van der Waals surface area (Å²) in [4.78, 5) is 0. The third-order valence-electron chi connectivity index (χ3n) is 5.00.